The van der Waals surface area contributed by atoms with Gasteiger partial charge in [-0.15, -0.1) is 0 Å². The SMILES string of the molecule is O=C(NCc1ccc(C(F)(F)F)cc1)c1ccc2nc(Cl)ccc2c1. The van der Waals surface area contributed by atoms with Crippen LogP contribution in [0.15, 0.2) is 54.6 Å². The van der Waals surface area contributed by atoms with Gasteiger partial charge in [-0.2, -0.15) is 13.2 Å². The maximum absolute atomic E-state index is 12.5. The summed E-state index contributed by atoms with van der Waals surface area (Å²) in [5, 5.41) is 3.82. The van der Waals surface area contributed by atoms with Crippen molar-refractivity contribution in [3.8, 4) is 0 Å². The Morgan fingerprint density at radius 2 is 1.76 bits per heavy atom. The zero-order valence-corrected chi connectivity index (χ0v) is 13.5. The standard InChI is InChI=1S/C18H12ClF3N2O/c19-16-8-4-12-9-13(3-7-15(12)24-16)17(25)23-10-11-1-5-14(6-2-11)18(20,21)22/h1-9H,10H2,(H,23,25). The molecule has 0 aliphatic carbocycles. The first-order valence-corrected chi connectivity index (χ1v) is 7.71. The molecule has 0 bridgehead atoms. The van der Waals surface area contributed by atoms with Gasteiger partial charge in [0.1, 0.15) is 5.15 Å². The average molecular weight is 365 g/mol. The first kappa shape index (κ1) is 17.2. The lowest BCUT2D eigenvalue weighted by Gasteiger charge is -2.09. The van der Waals surface area contributed by atoms with Crippen molar-refractivity contribution in [2.45, 2.75) is 12.7 Å². The van der Waals surface area contributed by atoms with Crippen LogP contribution in [0.25, 0.3) is 10.9 Å². The van der Waals surface area contributed by atoms with Gasteiger partial charge in [0.15, 0.2) is 0 Å². The molecular formula is C18H12ClF3N2O. The molecular weight excluding hydrogens is 353 g/mol. The Bertz CT molecular complexity index is 924. The number of alkyl halides is 3. The van der Waals surface area contributed by atoms with E-state index in [2.05, 4.69) is 10.3 Å². The summed E-state index contributed by atoms with van der Waals surface area (Å²) < 4.78 is 37.6. The Kier molecular flexibility index (Phi) is 4.63. The number of benzene rings is 2. The molecule has 3 aromatic rings. The minimum Gasteiger partial charge on any atom is -0.348 e. The van der Waals surface area contributed by atoms with E-state index < -0.39 is 11.7 Å². The van der Waals surface area contributed by atoms with Gasteiger partial charge in [-0.1, -0.05) is 23.7 Å². The van der Waals surface area contributed by atoms with Gasteiger partial charge < -0.3 is 5.32 Å². The lowest BCUT2D eigenvalue weighted by molar-refractivity contribution is -0.137. The normalized spacial score (nSPS) is 11.5. The maximum atomic E-state index is 12.5. The number of rotatable bonds is 3. The van der Waals surface area contributed by atoms with Gasteiger partial charge in [-0.25, -0.2) is 4.98 Å². The number of pyridine rings is 1. The monoisotopic (exact) mass is 364 g/mol. The van der Waals surface area contributed by atoms with E-state index in [9.17, 15) is 18.0 Å². The van der Waals surface area contributed by atoms with Crippen molar-refractivity contribution < 1.29 is 18.0 Å². The van der Waals surface area contributed by atoms with Gasteiger partial charge in [0.05, 0.1) is 11.1 Å². The molecule has 3 rings (SSSR count). The summed E-state index contributed by atoms with van der Waals surface area (Å²) in [6, 6.07) is 13.1. The Labute approximate surface area is 146 Å². The molecule has 0 spiro atoms. The van der Waals surface area contributed by atoms with Crippen LogP contribution in [0.4, 0.5) is 13.2 Å². The van der Waals surface area contributed by atoms with Crippen LogP contribution in [-0.2, 0) is 12.7 Å². The molecule has 0 atom stereocenters. The molecule has 1 aromatic heterocycles. The molecule has 7 heteroatoms. The Morgan fingerprint density at radius 1 is 1.04 bits per heavy atom. The van der Waals surface area contributed by atoms with Crippen LogP contribution < -0.4 is 5.32 Å². The van der Waals surface area contributed by atoms with Crippen LogP contribution in [-0.4, -0.2) is 10.9 Å². The molecule has 2 aromatic carbocycles. The first-order chi connectivity index (χ1) is 11.8. The van der Waals surface area contributed by atoms with Crippen molar-refractivity contribution >= 4 is 28.4 Å². The van der Waals surface area contributed by atoms with Crippen LogP contribution in [0.3, 0.4) is 0 Å². The average Bonchev–Trinajstić information content (AvgIpc) is 2.58. The van der Waals surface area contributed by atoms with E-state index in [1.165, 1.54) is 12.1 Å². The van der Waals surface area contributed by atoms with Crippen LogP contribution in [0.2, 0.25) is 5.15 Å². The molecule has 0 aliphatic rings. The van der Waals surface area contributed by atoms with Crippen LogP contribution >= 0.6 is 11.6 Å². The molecule has 0 radical (unpaired) electrons. The largest absolute Gasteiger partial charge is 0.416 e. The zero-order valence-electron chi connectivity index (χ0n) is 12.8. The highest BCUT2D eigenvalue weighted by Crippen LogP contribution is 2.29. The second-order valence-electron chi connectivity index (χ2n) is 5.42. The van der Waals surface area contributed by atoms with Gasteiger partial charge in [0.2, 0.25) is 0 Å². The number of amides is 1. The van der Waals surface area contributed by atoms with Crippen molar-refractivity contribution in [2.24, 2.45) is 0 Å². The second kappa shape index (κ2) is 6.72. The number of hydrogen-bond donors (Lipinski definition) is 1. The lowest BCUT2D eigenvalue weighted by atomic mass is 10.1. The van der Waals surface area contributed by atoms with Crippen molar-refractivity contribution in [2.75, 3.05) is 0 Å². The number of carbonyl (C=O) groups excluding carboxylic acids is 1. The third kappa shape index (κ3) is 4.09. The fraction of sp³-hybridized carbons (Fsp3) is 0.111. The van der Waals surface area contributed by atoms with Crippen molar-refractivity contribution in [3.05, 3.63) is 76.4 Å². The fourth-order valence-electron chi connectivity index (χ4n) is 2.34. The van der Waals surface area contributed by atoms with E-state index in [0.29, 0.717) is 21.8 Å². The minimum atomic E-state index is -4.37. The van der Waals surface area contributed by atoms with Crippen molar-refractivity contribution in [1.82, 2.24) is 10.3 Å². The maximum Gasteiger partial charge on any atom is 0.416 e. The molecule has 0 fully saturated rings. The van der Waals surface area contributed by atoms with E-state index in [1.54, 1.807) is 30.3 Å². The third-order valence-corrected chi connectivity index (χ3v) is 3.86. The van der Waals surface area contributed by atoms with Gasteiger partial charge in [0, 0.05) is 17.5 Å². The molecule has 3 nitrogen and oxygen atoms in total. The van der Waals surface area contributed by atoms with E-state index in [4.69, 9.17) is 11.6 Å². The molecule has 1 heterocycles. The molecule has 0 saturated carbocycles. The Balaban J connectivity index is 1.69. The molecule has 1 amide bonds. The van der Waals surface area contributed by atoms with E-state index in [0.717, 1.165) is 17.5 Å². The fourth-order valence-corrected chi connectivity index (χ4v) is 2.49. The highest BCUT2D eigenvalue weighted by atomic mass is 35.5. The summed E-state index contributed by atoms with van der Waals surface area (Å²) in [5.74, 6) is -0.322. The number of nitrogens with zero attached hydrogens (tertiary/aromatic N) is 1. The number of halogens is 4. The number of nitrogens with one attached hydrogen (secondary N) is 1. The smallest absolute Gasteiger partial charge is 0.348 e. The predicted octanol–water partition coefficient (Wildman–Crippen LogP) is 4.84. The number of aromatic nitrogens is 1. The lowest BCUT2D eigenvalue weighted by Crippen LogP contribution is -2.22. The predicted molar refractivity (Wildman–Crippen MR) is 89.4 cm³/mol. The van der Waals surface area contributed by atoms with Gasteiger partial charge in [0.25, 0.3) is 5.91 Å². The molecule has 0 unspecified atom stereocenters. The van der Waals surface area contributed by atoms with E-state index >= 15 is 0 Å². The van der Waals surface area contributed by atoms with Gasteiger partial charge in [-0.05, 0) is 48.0 Å². The zero-order chi connectivity index (χ0) is 18.0. The highest BCUT2D eigenvalue weighted by Gasteiger charge is 2.29. The Morgan fingerprint density at radius 3 is 2.44 bits per heavy atom. The van der Waals surface area contributed by atoms with Gasteiger partial charge in [-0.3, -0.25) is 4.79 Å². The summed E-state index contributed by atoms with van der Waals surface area (Å²) in [6.07, 6.45) is -4.37. The van der Waals surface area contributed by atoms with Crippen LogP contribution in [0.5, 0.6) is 0 Å². The summed E-state index contributed by atoms with van der Waals surface area (Å²) in [7, 11) is 0. The molecule has 1 N–H and O–H groups in total. The molecule has 0 aliphatic heterocycles. The first-order valence-electron chi connectivity index (χ1n) is 7.33. The van der Waals surface area contributed by atoms with E-state index in [1.807, 2.05) is 0 Å². The quantitative estimate of drug-likeness (QED) is 0.676. The molecule has 0 saturated heterocycles. The summed E-state index contributed by atoms with van der Waals surface area (Å²) >= 11 is 5.82. The number of hydrogen-bond acceptors (Lipinski definition) is 2. The highest BCUT2D eigenvalue weighted by molar-refractivity contribution is 6.29. The number of carbonyl (C=O) groups is 1. The van der Waals surface area contributed by atoms with Crippen LogP contribution in [0, 0.1) is 0 Å². The van der Waals surface area contributed by atoms with Gasteiger partial charge >= 0.3 is 6.18 Å². The van der Waals surface area contributed by atoms with E-state index in [-0.39, 0.29) is 12.5 Å². The second-order valence-corrected chi connectivity index (χ2v) is 5.81. The Hall–Kier alpha value is -2.60. The summed E-state index contributed by atoms with van der Waals surface area (Å²) in [4.78, 5) is 16.4. The van der Waals surface area contributed by atoms with Crippen molar-refractivity contribution in [3.63, 3.8) is 0 Å². The summed E-state index contributed by atoms with van der Waals surface area (Å²) in [6.45, 7) is 0.133. The topological polar surface area (TPSA) is 42.0 Å². The number of fused-ring (bicyclic) bond motifs is 1. The molecule has 128 valence electrons. The molecule has 25 heavy (non-hydrogen) atoms. The third-order valence-electron chi connectivity index (χ3n) is 3.65. The summed E-state index contributed by atoms with van der Waals surface area (Å²) in [5.41, 5.74) is 0.967. The van der Waals surface area contributed by atoms with Crippen molar-refractivity contribution in [1.29, 1.82) is 0 Å². The van der Waals surface area contributed by atoms with Crippen LogP contribution in [0.1, 0.15) is 21.5 Å². The minimum absolute atomic E-state index is 0.133.